The number of halogens is 2. The Balaban J connectivity index is 1.58. The third-order valence-corrected chi connectivity index (χ3v) is 6.75. The highest BCUT2D eigenvalue weighted by Crippen LogP contribution is 2.31. The van der Waals surface area contributed by atoms with Gasteiger partial charge in [0.15, 0.2) is 0 Å². The quantitative estimate of drug-likeness (QED) is 0.401. The first kappa shape index (κ1) is 23.7. The van der Waals surface area contributed by atoms with Gasteiger partial charge in [-0.2, -0.15) is 5.10 Å². The summed E-state index contributed by atoms with van der Waals surface area (Å²) in [4.78, 5) is 19.8. The maximum absolute atomic E-state index is 14.6. The molecule has 0 saturated carbocycles. The van der Waals surface area contributed by atoms with Crippen molar-refractivity contribution in [1.29, 1.82) is 0 Å². The lowest BCUT2D eigenvalue weighted by Crippen LogP contribution is -2.45. The molecule has 0 aliphatic heterocycles. The second-order valence-corrected chi connectivity index (χ2v) is 9.21. The fourth-order valence-corrected chi connectivity index (χ4v) is 4.84. The zero-order valence-electron chi connectivity index (χ0n) is 18.8. The zero-order chi connectivity index (χ0) is 24.3. The summed E-state index contributed by atoms with van der Waals surface area (Å²) in [6.45, 7) is 1.67. The molecule has 4 rings (SSSR count). The van der Waals surface area contributed by atoms with Crippen LogP contribution >= 0.6 is 11.3 Å². The Hall–Kier alpha value is -3.43. The van der Waals surface area contributed by atoms with Crippen molar-refractivity contribution in [1.82, 2.24) is 19.7 Å². The van der Waals surface area contributed by atoms with Gasteiger partial charge in [-0.25, -0.2) is 18.4 Å². The van der Waals surface area contributed by atoms with Gasteiger partial charge in [-0.1, -0.05) is 37.3 Å². The first-order valence-electron chi connectivity index (χ1n) is 10.7. The van der Waals surface area contributed by atoms with E-state index in [9.17, 15) is 18.7 Å². The standard InChI is InChI=1S/C25H24F2N4O2S/c1-3-17-4-6-18(7-5-17)22-10-11-23(34-22)24(32)30(2)13-25(33,14-31-16-28-15-29-31)20-9-8-19(26)12-21(20)27/h4-12,15-16,33H,3,13-14H2,1-2H3. The minimum absolute atomic E-state index is 0.132. The van der Waals surface area contributed by atoms with Crippen molar-refractivity contribution >= 4 is 17.2 Å². The number of aliphatic hydroxyl groups is 1. The first-order valence-corrected chi connectivity index (χ1v) is 11.6. The predicted molar refractivity (Wildman–Crippen MR) is 126 cm³/mol. The maximum Gasteiger partial charge on any atom is 0.263 e. The summed E-state index contributed by atoms with van der Waals surface area (Å²) in [5, 5.41) is 15.5. The van der Waals surface area contributed by atoms with Gasteiger partial charge in [0, 0.05) is 23.6 Å². The van der Waals surface area contributed by atoms with E-state index in [1.807, 2.05) is 18.2 Å². The van der Waals surface area contributed by atoms with Crippen LogP contribution in [0, 0.1) is 11.6 Å². The van der Waals surface area contributed by atoms with Gasteiger partial charge in [0.05, 0.1) is 18.0 Å². The van der Waals surface area contributed by atoms with Crippen LogP contribution < -0.4 is 0 Å². The van der Waals surface area contributed by atoms with Crippen molar-refractivity contribution in [3.05, 3.63) is 94.9 Å². The van der Waals surface area contributed by atoms with Crippen LogP contribution in [0.1, 0.15) is 27.7 Å². The lowest BCUT2D eigenvalue weighted by atomic mass is 9.92. The average molecular weight is 483 g/mol. The predicted octanol–water partition coefficient (Wildman–Crippen LogP) is 4.51. The summed E-state index contributed by atoms with van der Waals surface area (Å²) in [6.07, 6.45) is 3.62. The number of thiophene rings is 1. The minimum atomic E-state index is -1.87. The third-order valence-electron chi connectivity index (χ3n) is 5.63. The van der Waals surface area contributed by atoms with Crippen molar-refractivity contribution in [3.63, 3.8) is 0 Å². The van der Waals surface area contributed by atoms with Crippen LogP contribution in [-0.2, 0) is 18.6 Å². The van der Waals surface area contributed by atoms with Gasteiger partial charge in [0.25, 0.3) is 5.91 Å². The molecule has 6 nitrogen and oxygen atoms in total. The van der Waals surface area contributed by atoms with E-state index in [0.717, 1.165) is 22.9 Å². The number of aromatic nitrogens is 3. The summed E-state index contributed by atoms with van der Waals surface area (Å²) in [7, 11) is 1.53. The molecule has 2 aromatic carbocycles. The molecular formula is C25H24F2N4O2S. The highest BCUT2D eigenvalue weighted by atomic mass is 32.1. The highest BCUT2D eigenvalue weighted by Gasteiger charge is 2.36. The van der Waals surface area contributed by atoms with E-state index in [0.29, 0.717) is 10.9 Å². The second kappa shape index (κ2) is 9.82. The summed E-state index contributed by atoms with van der Waals surface area (Å²) in [5.41, 5.74) is 0.245. The Morgan fingerprint density at radius 2 is 1.91 bits per heavy atom. The molecule has 1 amide bonds. The van der Waals surface area contributed by atoms with Crippen LogP contribution in [0.2, 0.25) is 0 Å². The number of hydrogen-bond donors (Lipinski definition) is 1. The fraction of sp³-hybridized carbons (Fsp3) is 0.240. The SMILES string of the molecule is CCc1ccc(-c2ccc(C(=O)N(C)CC(O)(Cn3cncn3)c3ccc(F)cc3F)s2)cc1. The average Bonchev–Trinajstić information content (AvgIpc) is 3.50. The molecule has 1 atom stereocenters. The Labute approximate surface area is 200 Å². The molecule has 0 aliphatic carbocycles. The molecule has 0 bridgehead atoms. The van der Waals surface area contributed by atoms with Gasteiger partial charge in [-0.05, 0) is 35.7 Å². The maximum atomic E-state index is 14.6. The van der Waals surface area contributed by atoms with E-state index >= 15 is 0 Å². The van der Waals surface area contributed by atoms with Gasteiger partial charge < -0.3 is 10.0 Å². The van der Waals surface area contributed by atoms with Crippen LogP contribution in [0.25, 0.3) is 10.4 Å². The summed E-state index contributed by atoms with van der Waals surface area (Å²) in [6, 6.07) is 14.8. The lowest BCUT2D eigenvalue weighted by molar-refractivity contribution is -0.0127. The fourth-order valence-electron chi connectivity index (χ4n) is 3.83. The number of likely N-dealkylation sites (N-methyl/N-ethyl adjacent to an activating group) is 1. The third kappa shape index (κ3) is 5.05. The summed E-state index contributed by atoms with van der Waals surface area (Å²) < 4.78 is 29.5. The topological polar surface area (TPSA) is 71.2 Å². The Morgan fingerprint density at radius 3 is 2.56 bits per heavy atom. The van der Waals surface area contributed by atoms with Crippen molar-refractivity contribution < 1.29 is 18.7 Å². The van der Waals surface area contributed by atoms with E-state index in [-0.39, 0.29) is 24.6 Å². The summed E-state index contributed by atoms with van der Waals surface area (Å²) >= 11 is 1.34. The van der Waals surface area contributed by atoms with Crippen LogP contribution in [-0.4, -0.2) is 44.3 Å². The molecule has 4 aromatic rings. The molecule has 0 aliphatic rings. The second-order valence-electron chi connectivity index (χ2n) is 8.12. The van der Waals surface area contributed by atoms with Crippen LogP contribution in [0.15, 0.2) is 67.3 Å². The van der Waals surface area contributed by atoms with Crippen LogP contribution in [0.5, 0.6) is 0 Å². The summed E-state index contributed by atoms with van der Waals surface area (Å²) in [5.74, 6) is -1.98. The van der Waals surface area contributed by atoms with Crippen molar-refractivity contribution in [2.45, 2.75) is 25.5 Å². The molecule has 9 heteroatoms. The molecule has 2 heterocycles. The molecule has 0 saturated heterocycles. The number of benzene rings is 2. The first-order chi connectivity index (χ1) is 16.3. The number of carbonyl (C=O) groups excluding carboxylic acids is 1. The minimum Gasteiger partial charge on any atom is -0.381 e. The molecule has 0 radical (unpaired) electrons. The molecule has 1 N–H and O–H groups in total. The van der Waals surface area contributed by atoms with Gasteiger partial charge in [-0.3, -0.25) is 4.79 Å². The Morgan fingerprint density at radius 1 is 1.15 bits per heavy atom. The number of hydrogen-bond acceptors (Lipinski definition) is 5. The van der Waals surface area contributed by atoms with Gasteiger partial charge >= 0.3 is 0 Å². The number of carbonyl (C=O) groups is 1. The molecule has 0 spiro atoms. The monoisotopic (exact) mass is 482 g/mol. The number of aryl methyl sites for hydroxylation is 1. The van der Waals surface area contributed by atoms with Gasteiger partial charge in [0.2, 0.25) is 0 Å². The molecule has 1 unspecified atom stereocenters. The Kier molecular flexibility index (Phi) is 6.85. The number of nitrogens with zero attached hydrogens (tertiary/aromatic N) is 4. The molecular weight excluding hydrogens is 458 g/mol. The van der Waals surface area contributed by atoms with Crippen molar-refractivity contribution in [3.8, 4) is 10.4 Å². The highest BCUT2D eigenvalue weighted by molar-refractivity contribution is 7.17. The molecule has 2 aromatic heterocycles. The number of rotatable bonds is 8. The van der Waals surface area contributed by atoms with E-state index in [1.54, 1.807) is 6.07 Å². The van der Waals surface area contributed by atoms with Crippen LogP contribution in [0.4, 0.5) is 8.78 Å². The lowest BCUT2D eigenvalue weighted by Gasteiger charge is -2.33. The molecule has 34 heavy (non-hydrogen) atoms. The van der Waals surface area contributed by atoms with Crippen LogP contribution in [0.3, 0.4) is 0 Å². The van der Waals surface area contributed by atoms with Gasteiger partial charge in [0.1, 0.15) is 29.9 Å². The molecule has 0 fully saturated rings. The van der Waals surface area contributed by atoms with E-state index in [1.165, 1.54) is 52.3 Å². The van der Waals surface area contributed by atoms with Gasteiger partial charge in [-0.15, -0.1) is 11.3 Å². The zero-order valence-corrected chi connectivity index (χ0v) is 19.6. The normalized spacial score (nSPS) is 13.0. The van der Waals surface area contributed by atoms with Crippen molar-refractivity contribution in [2.24, 2.45) is 0 Å². The van der Waals surface area contributed by atoms with Crippen molar-refractivity contribution in [2.75, 3.05) is 13.6 Å². The largest absolute Gasteiger partial charge is 0.381 e. The molecule has 176 valence electrons. The van der Waals surface area contributed by atoms with E-state index in [2.05, 4.69) is 29.1 Å². The smallest absolute Gasteiger partial charge is 0.263 e. The number of amides is 1. The van der Waals surface area contributed by atoms with E-state index < -0.39 is 17.2 Å². The Bertz CT molecular complexity index is 1270. The van der Waals surface area contributed by atoms with E-state index in [4.69, 9.17) is 0 Å².